The highest BCUT2D eigenvalue weighted by molar-refractivity contribution is 6.33. The van der Waals surface area contributed by atoms with Crippen LogP contribution in [0.25, 0.3) is 0 Å². The second-order valence-electron chi connectivity index (χ2n) is 7.21. The number of ketones is 1. The summed E-state index contributed by atoms with van der Waals surface area (Å²) in [5.41, 5.74) is 1.82. The molecule has 3 rings (SSSR count). The predicted molar refractivity (Wildman–Crippen MR) is 116 cm³/mol. The Balaban J connectivity index is 1.59. The van der Waals surface area contributed by atoms with Crippen molar-refractivity contribution in [3.05, 3.63) is 63.2 Å². The lowest BCUT2D eigenvalue weighted by atomic mass is 10.1. The zero-order valence-electron chi connectivity index (χ0n) is 16.8. The normalized spacial score (nSPS) is 15.5. The summed E-state index contributed by atoms with van der Waals surface area (Å²) < 4.78 is 0. The van der Waals surface area contributed by atoms with Gasteiger partial charge in [-0.05, 0) is 44.2 Å². The lowest BCUT2D eigenvalue weighted by Gasteiger charge is -2.38. The summed E-state index contributed by atoms with van der Waals surface area (Å²) in [6, 6.07) is 11.1. The first-order valence-corrected chi connectivity index (χ1v) is 9.99. The van der Waals surface area contributed by atoms with Gasteiger partial charge in [0.25, 0.3) is 5.69 Å². The Morgan fingerprint density at radius 2 is 1.73 bits per heavy atom. The Bertz CT molecular complexity index is 956. The summed E-state index contributed by atoms with van der Waals surface area (Å²) in [5, 5.41) is 13.9. The number of hydrogen-bond acceptors (Lipinski definition) is 6. The molecule has 1 saturated heterocycles. The van der Waals surface area contributed by atoms with Crippen LogP contribution in [-0.4, -0.2) is 53.7 Å². The molecule has 0 spiro atoms. The van der Waals surface area contributed by atoms with Crippen molar-refractivity contribution in [3.8, 4) is 0 Å². The number of carbonyl (C=O) groups excluding carboxylic acids is 2. The van der Waals surface area contributed by atoms with E-state index in [1.165, 1.54) is 18.2 Å². The molecule has 2 aromatic carbocycles. The van der Waals surface area contributed by atoms with E-state index in [1.807, 2.05) is 24.3 Å². The van der Waals surface area contributed by atoms with E-state index in [0.29, 0.717) is 18.7 Å². The molecule has 1 fully saturated rings. The predicted octanol–water partition coefficient (Wildman–Crippen LogP) is 3.60. The number of carbonyl (C=O) groups is 2. The van der Waals surface area contributed by atoms with Crippen molar-refractivity contribution in [2.24, 2.45) is 0 Å². The van der Waals surface area contributed by atoms with Gasteiger partial charge in [-0.25, -0.2) is 0 Å². The number of benzene rings is 2. The number of anilines is 2. The maximum atomic E-state index is 12.7. The van der Waals surface area contributed by atoms with Crippen molar-refractivity contribution in [3.63, 3.8) is 0 Å². The average molecular weight is 431 g/mol. The molecule has 1 aliphatic heterocycles. The fourth-order valence-corrected chi connectivity index (χ4v) is 3.56. The molecule has 1 amide bonds. The number of hydrogen-bond donors (Lipinski definition) is 1. The number of nitrogens with zero attached hydrogens (tertiary/aromatic N) is 3. The van der Waals surface area contributed by atoms with Crippen LogP contribution in [0.1, 0.15) is 24.2 Å². The Labute approximate surface area is 179 Å². The van der Waals surface area contributed by atoms with Crippen molar-refractivity contribution in [1.29, 1.82) is 0 Å². The minimum absolute atomic E-state index is 0.0371. The molecule has 1 heterocycles. The molecule has 30 heavy (non-hydrogen) atoms. The Hall–Kier alpha value is -2.97. The van der Waals surface area contributed by atoms with E-state index < -0.39 is 11.0 Å². The van der Waals surface area contributed by atoms with Crippen molar-refractivity contribution < 1.29 is 14.5 Å². The van der Waals surface area contributed by atoms with E-state index in [2.05, 4.69) is 15.1 Å². The van der Waals surface area contributed by atoms with Crippen LogP contribution < -0.4 is 10.2 Å². The van der Waals surface area contributed by atoms with Crippen LogP contribution in [0.4, 0.5) is 17.1 Å². The maximum absolute atomic E-state index is 12.7. The number of non-ortho nitro benzene ring substituents is 1. The van der Waals surface area contributed by atoms with Gasteiger partial charge in [0.15, 0.2) is 5.78 Å². The molecule has 158 valence electrons. The average Bonchev–Trinajstić information content (AvgIpc) is 2.74. The molecule has 0 radical (unpaired) electrons. The van der Waals surface area contributed by atoms with Crippen LogP contribution >= 0.6 is 11.6 Å². The molecule has 8 nitrogen and oxygen atoms in total. The molecule has 0 unspecified atom stereocenters. The molecular formula is C21H23ClN4O4. The van der Waals surface area contributed by atoms with Gasteiger partial charge in [0.05, 0.1) is 21.7 Å². The lowest BCUT2D eigenvalue weighted by Crippen LogP contribution is -2.52. The first kappa shape index (κ1) is 21.7. The fourth-order valence-electron chi connectivity index (χ4n) is 3.40. The van der Waals surface area contributed by atoms with Gasteiger partial charge in [-0.3, -0.25) is 24.6 Å². The van der Waals surface area contributed by atoms with Gasteiger partial charge in [0.1, 0.15) is 0 Å². The van der Waals surface area contributed by atoms with Gasteiger partial charge in [-0.1, -0.05) is 11.6 Å². The highest BCUT2D eigenvalue weighted by Gasteiger charge is 2.26. The summed E-state index contributed by atoms with van der Waals surface area (Å²) in [7, 11) is 0. The van der Waals surface area contributed by atoms with Crippen LogP contribution in [0.3, 0.4) is 0 Å². The minimum atomic E-state index is -0.530. The molecule has 2 aromatic rings. The standard InChI is InChI=1S/C21H23ClN4O4/c1-14(21(28)23-20-13-18(26(29)30)7-8-19(20)22)24-9-11-25(12-10-24)17-5-3-16(4-6-17)15(2)27/h3-8,13-14H,9-12H2,1-2H3,(H,23,28)/t14-/m0/s1. The van der Waals surface area contributed by atoms with Crippen LogP contribution in [0.2, 0.25) is 5.02 Å². The van der Waals surface area contributed by atoms with Crippen LogP contribution in [0, 0.1) is 10.1 Å². The van der Waals surface area contributed by atoms with Crippen molar-refractivity contribution in [2.45, 2.75) is 19.9 Å². The van der Waals surface area contributed by atoms with Crippen LogP contribution in [0.5, 0.6) is 0 Å². The number of halogens is 1. The van der Waals surface area contributed by atoms with Gasteiger partial charge < -0.3 is 10.2 Å². The van der Waals surface area contributed by atoms with Gasteiger partial charge in [-0.2, -0.15) is 0 Å². The smallest absolute Gasteiger partial charge is 0.271 e. The van der Waals surface area contributed by atoms with E-state index in [4.69, 9.17) is 11.6 Å². The van der Waals surface area contributed by atoms with Crippen molar-refractivity contribution >= 4 is 40.4 Å². The maximum Gasteiger partial charge on any atom is 0.271 e. The summed E-state index contributed by atoms with van der Waals surface area (Å²) >= 11 is 6.07. The molecule has 1 atom stereocenters. The molecule has 0 aromatic heterocycles. The molecule has 1 aliphatic rings. The van der Waals surface area contributed by atoms with E-state index in [0.717, 1.165) is 18.8 Å². The van der Waals surface area contributed by atoms with Gasteiger partial charge in [-0.15, -0.1) is 0 Å². The second-order valence-corrected chi connectivity index (χ2v) is 7.62. The van der Waals surface area contributed by atoms with Gasteiger partial charge in [0, 0.05) is 49.6 Å². The number of rotatable bonds is 6. The molecule has 0 saturated carbocycles. The number of Topliss-reactive ketones (excluding diaryl/α,β-unsaturated/α-hetero) is 1. The third-order valence-electron chi connectivity index (χ3n) is 5.30. The third kappa shape index (κ3) is 4.95. The van der Waals surface area contributed by atoms with Crippen molar-refractivity contribution in [2.75, 3.05) is 36.4 Å². The molecular weight excluding hydrogens is 408 g/mol. The van der Waals surface area contributed by atoms with Crippen LogP contribution in [-0.2, 0) is 4.79 Å². The highest BCUT2D eigenvalue weighted by atomic mass is 35.5. The number of amides is 1. The zero-order valence-corrected chi connectivity index (χ0v) is 17.6. The van der Waals surface area contributed by atoms with Gasteiger partial charge >= 0.3 is 0 Å². The van der Waals surface area contributed by atoms with Crippen LogP contribution in [0.15, 0.2) is 42.5 Å². The Morgan fingerprint density at radius 1 is 1.10 bits per heavy atom. The summed E-state index contributed by atoms with van der Waals surface area (Å²) in [6.07, 6.45) is 0. The molecule has 9 heteroatoms. The zero-order chi connectivity index (χ0) is 21.8. The quantitative estimate of drug-likeness (QED) is 0.427. The molecule has 0 bridgehead atoms. The number of nitro groups is 1. The topological polar surface area (TPSA) is 95.8 Å². The molecule has 0 aliphatic carbocycles. The summed E-state index contributed by atoms with van der Waals surface area (Å²) in [4.78, 5) is 38.8. The minimum Gasteiger partial charge on any atom is -0.369 e. The summed E-state index contributed by atoms with van der Waals surface area (Å²) in [5.74, 6) is -0.230. The molecule has 1 N–H and O–H groups in total. The van der Waals surface area contributed by atoms with Crippen molar-refractivity contribution in [1.82, 2.24) is 4.90 Å². The van der Waals surface area contributed by atoms with E-state index in [9.17, 15) is 19.7 Å². The van der Waals surface area contributed by atoms with E-state index >= 15 is 0 Å². The first-order valence-electron chi connectivity index (χ1n) is 9.61. The number of nitrogens with one attached hydrogen (secondary N) is 1. The van der Waals surface area contributed by atoms with E-state index in [-0.39, 0.29) is 28.1 Å². The second kappa shape index (κ2) is 9.23. The summed E-state index contributed by atoms with van der Waals surface area (Å²) in [6.45, 7) is 6.21. The Morgan fingerprint density at radius 3 is 2.30 bits per heavy atom. The number of piperazine rings is 1. The van der Waals surface area contributed by atoms with E-state index in [1.54, 1.807) is 13.8 Å². The monoisotopic (exact) mass is 430 g/mol. The number of nitro benzene ring substituents is 1. The largest absolute Gasteiger partial charge is 0.369 e. The van der Waals surface area contributed by atoms with Gasteiger partial charge in [0.2, 0.25) is 5.91 Å². The first-order chi connectivity index (χ1) is 14.3. The lowest BCUT2D eigenvalue weighted by molar-refractivity contribution is -0.384. The SMILES string of the molecule is CC(=O)c1ccc(N2CCN([C@@H](C)C(=O)Nc3cc([N+](=O)[O-])ccc3Cl)CC2)cc1. The highest BCUT2D eigenvalue weighted by Crippen LogP contribution is 2.27. The fraction of sp³-hybridized carbons (Fsp3) is 0.333. The third-order valence-corrected chi connectivity index (χ3v) is 5.63. The Kier molecular flexibility index (Phi) is 6.69.